The number of aromatic nitrogens is 1. The van der Waals surface area contributed by atoms with Gasteiger partial charge in [-0.2, -0.15) is 0 Å². The molecule has 2 unspecified atom stereocenters. The summed E-state index contributed by atoms with van der Waals surface area (Å²) in [6.45, 7) is 2.00. The maximum atomic E-state index is 12.7. The average Bonchev–Trinajstić information content (AvgIpc) is 2.66. The predicted octanol–water partition coefficient (Wildman–Crippen LogP) is 5.11. The summed E-state index contributed by atoms with van der Waals surface area (Å²) >= 11 is 12.3. The number of rotatable bonds is 7. The molecule has 28 heavy (non-hydrogen) atoms. The van der Waals surface area contributed by atoms with Gasteiger partial charge in [0, 0.05) is 33.6 Å². The molecule has 3 rings (SSSR count). The van der Waals surface area contributed by atoms with Gasteiger partial charge in [0.2, 0.25) is 5.91 Å². The van der Waals surface area contributed by atoms with Gasteiger partial charge in [-0.1, -0.05) is 18.5 Å². The van der Waals surface area contributed by atoms with Crippen LogP contribution >= 0.6 is 23.2 Å². The Balaban J connectivity index is 2.00. The second kappa shape index (κ2) is 8.95. The fourth-order valence-electron chi connectivity index (χ4n) is 3.17. The topological polar surface area (TPSA) is 77.2 Å². The molecule has 1 amide bonds. The Morgan fingerprint density at radius 3 is 2.71 bits per heavy atom. The summed E-state index contributed by atoms with van der Waals surface area (Å²) in [7, 11) is 1.60. The summed E-state index contributed by atoms with van der Waals surface area (Å²) in [4.78, 5) is 17.3. The quantitative estimate of drug-likeness (QED) is 0.411. The van der Waals surface area contributed by atoms with E-state index in [1.807, 2.05) is 31.2 Å². The number of amides is 1. The molecule has 0 radical (unpaired) electrons. The van der Waals surface area contributed by atoms with Crippen LogP contribution in [0.25, 0.3) is 21.8 Å². The van der Waals surface area contributed by atoms with Crippen LogP contribution in [0.1, 0.15) is 26.2 Å². The van der Waals surface area contributed by atoms with Crippen molar-refractivity contribution in [3.63, 3.8) is 0 Å². The lowest BCUT2D eigenvalue weighted by molar-refractivity contribution is -0.116. The number of ether oxygens (including phenoxy) is 1. The third-order valence-electron chi connectivity index (χ3n) is 4.66. The number of fused-ring (bicyclic) bond motifs is 2. The molecule has 0 aliphatic carbocycles. The number of methoxy groups -OCH3 is 1. The number of nitrogens with zero attached hydrogens (tertiary/aromatic N) is 1. The molecule has 2 atom stereocenters. The molecule has 2 aromatic carbocycles. The van der Waals surface area contributed by atoms with E-state index < -0.39 is 0 Å². The van der Waals surface area contributed by atoms with Gasteiger partial charge in [0.25, 0.3) is 0 Å². The van der Waals surface area contributed by atoms with E-state index >= 15 is 0 Å². The van der Waals surface area contributed by atoms with E-state index in [0.717, 1.165) is 22.7 Å². The van der Waals surface area contributed by atoms with Crippen LogP contribution in [-0.2, 0) is 4.79 Å². The highest BCUT2D eigenvalue weighted by atomic mass is 35.5. The van der Waals surface area contributed by atoms with E-state index in [2.05, 4.69) is 10.3 Å². The Morgan fingerprint density at radius 1 is 1.21 bits per heavy atom. The number of pyridine rings is 1. The molecular weight excluding hydrogens is 397 g/mol. The number of carbonyl (C=O) groups excluding carboxylic acids is 1. The number of hydrogen-bond donors (Lipinski definition) is 2. The molecule has 148 valence electrons. The zero-order valence-corrected chi connectivity index (χ0v) is 17.3. The van der Waals surface area contributed by atoms with Crippen LogP contribution in [0.3, 0.4) is 0 Å². The van der Waals surface area contributed by atoms with Crippen LogP contribution in [0.15, 0.2) is 36.4 Å². The van der Waals surface area contributed by atoms with Gasteiger partial charge in [-0.15, -0.1) is 11.6 Å². The number of nitrogens with two attached hydrogens (primary N) is 1. The molecule has 0 aliphatic heterocycles. The van der Waals surface area contributed by atoms with Crippen LogP contribution in [0.4, 0.5) is 5.69 Å². The Bertz CT molecular complexity index is 1010. The first-order valence-electron chi connectivity index (χ1n) is 9.17. The van der Waals surface area contributed by atoms with Crippen molar-refractivity contribution in [2.75, 3.05) is 12.4 Å². The predicted molar refractivity (Wildman–Crippen MR) is 117 cm³/mol. The van der Waals surface area contributed by atoms with E-state index in [0.29, 0.717) is 28.4 Å². The molecule has 0 bridgehead atoms. The van der Waals surface area contributed by atoms with Crippen molar-refractivity contribution in [1.82, 2.24) is 4.98 Å². The fraction of sp³-hybridized carbons (Fsp3) is 0.333. The van der Waals surface area contributed by atoms with Crippen LogP contribution < -0.4 is 15.8 Å². The first-order chi connectivity index (χ1) is 13.4. The number of anilines is 1. The van der Waals surface area contributed by atoms with Crippen molar-refractivity contribution in [2.45, 2.75) is 37.6 Å². The Kier molecular flexibility index (Phi) is 6.60. The zero-order chi connectivity index (χ0) is 20.3. The molecule has 0 fully saturated rings. The van der Waals surface area contributed by atoms with Crippen LogP contribution in [0.2, 0.25) is 5.02 Å². The third-order valence-corrected chi connectivity index (χ3v) is 5.38. The van der Waals surface area contributed by atoms with E-state index in [9.17, 15) is 4.79 Å². The Hall–Kier alpha value is -2.08. The summed E-state index contributed by atoms with van der Waals surface area (Å²) < 4.78 is 5.34. The van der Waals surface area contributed by atoms with Crippen molar-refractivity contribution in [3.8, 4) is 5.75 Å². The Morgan fingerprint density at radius 2 is 2.00 bits per heavy atom. The third kappa shape index (κ3) is 4.66. The number of halogens is 2. The van der Waals surface area contributed by atoms with Crippen molar-refractivity contribution in [2.24, 2.45) is 5.73 Å². The molecular formula is C21H23Cl2N3O2. The van der Waals surface area contributed by atoms with E-state index in [1.165, 1.54) is 0 Å². The second-order valence-electron chi connectivity index (χ2n) is 6.78. The van der Waals surface area contributed by atoms with Crippen LogP contribution in [-0.4, -0.2) is 29.4 Å². The molecule has 7 heteroatoms. The molecule has 5 nitrogen and oxygen atoms in total. The molecule has 0 aliphatic rings. The van der Waals surface area contributed by atoms with Gasteiger partial charge in [-0.25, -0.2) is 4.98 Å². The summed E-state index contributed by atoms with van der Waals surface area (Å²) in [6, 6.07) is 10.7. The molecule has 0 saturated carbocycles. The lowest BCUT2D eigenvalue weighted by Crippen LogP contribution is -2.29. The zero-order valence-electron chi connectivity index (χ0n) is 15.8. The largest absolute Gasteiger partial charge is 0.497 e. The maximum absolute atomic E-state index is 12.7. The summed E-state index contributed by atoms with van der Waals surface area (Å²) in [5, 5.41) is 5.17. The summed E-state index contributed by atoms with van der Waals surface area (Å²) in [6.07, 6.45) is 1.59. The lowest BCUT2D eigenvalue weighted by atomic mass is 10.1. The monoisotopic (exact) mass is 419 g/mol. The average molecular weight is 420 g/mol. The van der Waals surface area contributed by atoms with Gasteiger partial charge in [0.05, 0.1) is 23.8 Å². The molecule has 3 aromatic rings. The van der Waals surface area contributed by atoms with Crippen molar-refractivity contribution >= 4 is 56.6 Å². The minimum Gasteiger partial charge on any atom is -0.497 e. The highest BCUT2D eigenvalue weighted by Crippen LogP contribution is 2.34. The van der Waals surface area contributed by atoms with Crippen LogP contribution in [0.5, 0.6) is 5.75 Å². The van der Waals surface area contributed by atoms with Gasteiger partial charge in [-0.3, -0.25) is 4.79 Å². The smallest absolute Gasteiger partial charge is 0.225 e. The molecule has 0 saturated heterocycles. The van der Waals surface area contributed by atoms with Crippen molar-refractivity contribution < 1.29 is 9.53 Å². The standard InChI is InChI=1S/C21H23Cl2N3O2/c1-3-12(22)8-14(24)10-20(27)26-21-16-6-4-13(23)9-19(16)25-18-7-5-15(28-2)11-17(18)21/h4-7,9,11-12,14H,3,8,10,24H2,1-2H3,(H,25,26,27). The first kappa shape index (κ1) is 20.6. The summed E-state index contributed by atoms with van der Waals surface area (Å²) in [5.74, 6) is 0.516. The van der Waals surface area contributed by atoms with E-state index in [-0.39, 0.29) is 23.7 Å². The number of nitrogens with one attached hydrogen (secondary N) is 1. The summed E-state index contributed by atoms with van der Waals surface area (Å²) in [5.41, 5.74) is 8.22. The molecule has 3 N–H and O–H groups in total. The first-order valence-corrected chi connectivity index (χ1v) is 9.99. The number of carbonyl (C=O) groups is 1. The minimum atomic E-state index is -0.300. The van der Waals surface area contributed by atoms with Gasteiger partial charge in [0.1, 0.15) is 5.75 Å². The minimum absolute atomic E-state index is 0.0308. The SMILES string of the molecule is CCC(Cl)CC(N)CC(=O)Nc1c2ccc(Cl)cc2nc2ccc(OC)cc12. The van der Waals surface area contributed by atoms with Crippen LogP contribution in [0, 0.1) is 0 Å². The van der Waals surface area contributed by atoms with Crippen molar-refractivity contribution in [3.05, 3.63) is 41.4 Å². The number of hydrogen-bond acceptors (Lipinski definition) is 4. The van der Waals surface area contributed by atoms with Crippen molar-refractivity contribution in [1.29, 1.82) is 0 Å². The van der Waals surface area contributed by atoms with E-state index in [4.69, 9.17) is 33.7 Å². The normalized spacial score (nSPS) is 13.5. The fourth-order valence-corrected chi connectivity index (χ4v) is 3.56. The van der Waals surface area contributed by atoms with Gasteiger partial charge < -0.3 is 15.8 Å². The molecule has 1 heterocycles. The molecule has 0 spiro atoms. The second-order valence-corrected chi connectivity index (χ2v) is 7.84. The highest BCUT2D eigenvalue weighted by Gasteiger charge is 2.17. The Labute approximate surface area is 174 Å². The maximum Gasteiger partial charge on any atom is 0.225 e. The van der Waals surface area contributed by atoms with E-state index in [1.54, 1.807) is 19.2 Å². The van der Waals surface area contributed by atoms with Gasteiger partial charge >= 0.3 is 0 Å². The highest BCUT2D eigenvalue weighted by molar-refractivity contribution is 6.31. The lowest BCUT2D eigenvalue weighted by Gasteiger charge is -2.16. The number of alkyl halides is 1. The molecule has 1 aromatic heterocycles. The van der Waals surface area contributed by atoms with Gasteiger partial charge in [-0.05, 0) is 49.2 Å². The number of benzene rings is 2. The van der Waals surface area contributed by atoms with Gasteiger partial charge in [0.15, 0.2) is 0 Å².